The van der Waals surface area contributed by atoms with E-state index in [9.17, 15) is 113 Å². The van der Waals surface area contributed by atoms with Crippen molar-refractivity contribution < 1.29 is 123 Å². The number of phenolic OH excluding ortho intramolecular Hbond substituents is 4. The molecule has 0 saturated carbocycles. The molecule has 14 atom stereocenters. The van der Waals surface area contributed by atoms with Crippen molar-refractivity contribution in [2.45, 2.75) is 359 Å². The Morgan fingerprint density at radius 2 is 0.712 bits per heavy atom. The maximum absolute atomic E-state index is 14.2. The number of rotatable bonds is 53. The summed E-state index contributed by atoms with van der Waals surface area (Å²) in [6.07, 6.45) is 26.5. The van der Waals surface area contributed by atoms with Crippen LogP contribution in [0.4, 0.5) is 0 Å². The van der Waals surface area contributed by atoms with Crippen LogP contribution in [-0.2, 0) is 80.0 Å². The van der Waals surface area contributed by atoms with Gasteiger partial charge in [0.25, 0.3) is 0 Å². The molecule has 35 nitrogen and oxygen atoms in total. The van der Waals surface area contributed by atoms with Crippen LogP contribution in [0.3, 0.4) is 0 Å². The third-order valence-electron chi connectivity index (χ3n) is 26.0. The summed E-state index contributed by atoms with van der Waals surface area (Å²) in [6, 6.07) is 5.57. The quantitative estimate of drug-likeness (QED) is 0.0183. The number of phenols is 4. The molecule has 9 amide bonds. The van der Waals surface area contributed by atoms with Crippen molar-refractivity contribution in [2.75, 3.05) is 54.6 Å². The standard InChI is InChI=1S/C52H79N5O12.C48H70N4O11.C4H11NO2/c1-7-8-9-10-11-12-13-14-15-16-17-18-19-20-47(65)56(5)42(32-59)52(69)53-34(3)43(61)25-26-48(66)57(6)49-37-22-24-45(63)39(30-37)38-28-36(21-23-44(38)62)29-40(51(68)55-41(31-58)35(4)60)54-50(67)33(2)27-46(49)64;1-6-7-8-9-10-11-12-13-14-15-16-17-18-19-43(58)51(4)38(30-53)47(61)49-32(3)39(54)24-25-44(59)52(5)45-34-21-23-41(56)36(29-34)35-27-33(20-22-40(35)55)28-37(48(62)63)50-46(60)31(2)26-42(45)57;1-3(7)4(5)2-6/h21-24,28,30,33-35,40-42,49,58-60,62-63H,7-20,25-27,29,31-32H2,1-6H3,(H,53,69)(H,54,67)(H,55,68);20-23,27,29,31-32,37-38,45,53,55-56H,6-19,24-26,28,30H2,1-5H3,(H,49,61)(H,50,60)(H,62,63);3-4,6-7H,2,5H2,1H3/t33-,34-,35?,40+,41-,42-,49+;31-,32-,37+,38-,45+;3?,4-/m111/s1. The summed E-state index contributed by atoms with van der Waals surface area (Å²) in [5, 5.41) is 123. The first-order chi connectivity index (χ1) is 66.0. The molecule has 776 valence electrons. The van der Waals surface area contributed by atoms with E-state index in [2.05, 4.69) is 40.4 Å². The number of nitrogens with two attached hydrogens (primary N) is 1. The molecule has 4 aromatic carbocycles. The number of hydrogen-bond donors (Lipinski definition) is 17. The zero-order valence-corrected chi connectivity index (χ0v) is 83.8. The summed E-state index contributed by atoms with van der Waals surface area (Å²) in [7, 11) is 5.59. The number of likely N-dealkylation sites (N-methyl/N-ethyl adjacent to an activating group) is 4. The molecule has 0 radical (unpaired) electrons. The topological polar surface area (TPSA) is 561 Å². The molecule has 2 aliphatic heterocycles. The number of amides is 9. The van der Waals surface area contributed by atoms with Gasteiger partial charge < -0.3 is 108 Å². The number of carbonyl (C=O) groups is 14. The number of benzene rings is 4. The number of fused-ring (bicyclic) bond motifs is 10. The van der Waals surface area contributed by atoms with Crippen LogP contribution in [0.2, 0.25) is 0 Å². The van der Waals surface area contributed by atoms with Crippen molar-refractivity contribution in [3.63, 3.8) is 0 Å². The second-order valence-corrected chi connectivity index (χ2v) is 37.5. The van der Waals surface area contributed by atoms with Crippen LogP contribution in [0.25, 0.3) is 22.3 Å². The Bertz CT molecular complexity index is 4600. The lowest BCUT2D eigenvalue weighted by Gasteiger charge is -2.30. The van der Waals surface area contributed by atoms with Gasteiger partial charge in [0.2, 0.25) is 53.2 Å². The summed E-state index contributed by atoms with van der Waals surface area (Å²) in [5.74, 6) is -12.0. The molecule has 4 aromatic rings. The van der Waals surface area contributed by atoms with Gasteiger partial charge in [0.15, 0.2) is 23.1 Å². The van der Waals surface area contributed by atoms with Crippen LogP contribution < -0.4 is 32.3 Å². The number of carboxylic acid groups (broad SMARTS) is 1. The van der Waals surface area contributed by atoms with Gasteiger partial charge in [0, 0.05) is 126 Å². The number of hydrogen-bond acceptors (Lipinski definition) is 25. The number of carbonyl (C=O) groups excluding carboxylic acids is 13. The van der Waals surface area contributed by atoms with Crippen molar-refractivity contribution in [3.05, 3.63) is 95.1 Å². The van der Waals surface area contributed by atoms with Gasteiger partial charge in [0.1, 0.15) is 59.2 Å². The average molecular weight is 1950 g/mol. The minimum absolute atomic E-state index is 0.1000. The molecular formula is C104H160N10O25. The lowest BCUT2D eigenvalue weighted by atomic mass is 9.89. The van der Waals surface area contributed by atoms with Gasteiger partial charge in [-0.25, -0.2) is 4.79 Å². The van der Waals surface area contributed by atoms with Gasteiger partial charge >= 0.3 is 5.97 Å². The van der Waals surface area contributed by atoms with Gasteiger partial charge in [-0.2, -0.15) is 0 Å². The number of ketones is 4. The molecule has 139 heavy (non-hydrogen) atoms. The summed E-state index contributed by atoms with van der Waals surface area (Å²) in [4.78, 5) is 192. The van der Waals surface area contributed by atoms with E-state index in [0.717, 1.165) is 48.3 Å². The number of aliphatic hydroxyl groups is 6. The molecule has 8 bridgehead atoms. The summed E-state index contributed by atoms with van der Waals surface area (Å²) in [5.41, 5.74) is 6.95. The Labute approximate surface area is 819 Å². The van der Waals surface area contributed by atoms with Crippen molar-refractivity contribution in [1.29, 1.82) is 0 Å². The fraction of sp³-hybridized carbons (Fsp3) is 0.635. The minimum Gasteiger partial charge on any atom is -0.507 e. The van der Waals surface area contributed by atoms with Crippen LogP contribution in [0, 0.1) is 11.8 Å². The molecule has 0 fully saturated rings. The predicted molar refractivity (Wildman–Crippen MR) is 527 cm³/mol. The van der Waals surface area contributed by atoms with Crippen molar-refractivity contribution in [1.82, 2.24) is 46.2 Å². The lowest BCUT2D eigenvalue weighted by molar-refractivity contribution is -0.143. The Morgan fingerprint density at radius 3 is 1.01 bits per heavy atom. The van der Waals surface area contributed by atoms with Gasteiger partial charge in [-0.1, -0.05) is 206 Å². The fourth-order valence-electron chi connectivity index (χ4n) is 16.6. The molecule has 0 aliphatic carbocycles. The van der Waals surface area contributed by atoms with E-state index in [4.69, 9.17) is 15.9 Å². The molecule has 6 rings (SSSR count). The van der Waals surface area contributed by atoms with E-state index in [-0.39, 0.29) is 126 Å². The molecule has 0 spiro atoms. The van der Waals surface area contributed by atoms with E-state index in [0.29, 0.717) is 24.0 Å². The Morgan fingerprint density at radius 1 is 0.396 bits per heavy atom. The Hall–Kier alpha value is -10.8. The Kier molecular flexibility index (Phi) is 55.3. The summed E-state index contributed by atoms with van der Waals surface area (Å²) >= 11 is 0. The zero-order chi connectivity index (χ0) is 104. The predicted octanol–water partition coefficient (Wildman–Crippen LogP) is 9.74. The normalized spacial score (nSPS) is 17.7. The number of aliphatic carboxylic acids is 1. The SMILES string of the molecule is CC(O)[C@H](N)CO.CCCCCCCCCCCCCCCC(=O)N(C)[C@H](CO)C(=O)N[C@H](C)C(=O)CCC(=O)N(C)[C@@H]1C(=O)C[C@@H](C)C(=O)N[C@H](C(=O)N[C@H](CO)C(C)O)Cc2ccc(O)c(c2)-c2cc1ccc2O.CCCCCCCCCCCCCCCC(=O)N(C)[C@H](CO)C(=O)N[C@H](C)C(=O)CCC(=O)N(C)[C@@H]1C(=O)C[C@@H](C)C(=O)N[C@H](C(=O)O)Cc2ccc(O)c(c2)-c2cc1ccc2O. The number of Topliss-reactive ketones (excluding diaryl/α,β-unsaturated/α-hetero) is 4. The van der Waals surface area contributed by atoms with Gasteiger partial charge in [0.05, 0.1) is 62.8 Å². The number of aromatic hydroxyl groups is 4. The zero-order valence-electron chi connectivity index (χ0n) is 83.8. The molecule has 35 heteroatoms. The van der Waals surface area contributed by atoms with Crippen LogP contribution in [0.15, 0.2) is 72.8 Å². The van der Waals surface area contributed by atoms with E-state index in [1.807, 2.05) is 0 Å². The molecule has 2 unspecified atom stereocenters. The Balaban J connectivity index is 0.000000544. The van der Waals surface area contributed by atoms with E-state index in [1.54, 1.807) is 6.92 Å². The maximum atomic E-state index is 14.2. The van der Waals surface area contributed by atoms with Crippen LogP contribution in [-0.4, -0.2) is 273 Å². The average Bonchev–Trinajstić information content (AvgIpc) is 0.788. The summed E-state index contributed by atoms with van der Waals surface area (Å²) < 4.78 is 0. The van der Waals surface area contributed by atoms with Crippen LogP contribution >= 0.6 is 0 Å². The first-order valence-electron chi connectivity index (χ1n) is 49.8. The van der Waals surface area contributed by atoms with Crippen LogP contribution in [0.5, 0.6) is 23.0 Å². The third-order valence-corrected chi connectivity index (χ3v) is 26.0. The lowest BCUT2D eigenvalue weighted by Crippen LogP contribution is -2.54. The second-order valence-electron chi connectivity index (χ2n) is 37.5. The largest absolute Gasteiger partial charge is 0.507 e. The smallest absolute Gasteiger partial charge is 0.326 e. The monoisotopic (exact) mass is 1950 g/mol. The molecule has 2 aliphatic rings. The van der Waals surface area contributed by atoms with E-state index < -0.39 is 188 Å². The van der Waals surface area contributed by atoms with Gasteiger partial charge in [-0.05, 0) is 111 Å². The number of carboxylic acids is 1. The first-order valence-corrected chi connectivity index (χ1v) is 49.8. The fourth-order valence-corrected chi connectivity index (χ4v) is 16.6. The maximum Gasteiger partial charge on any atom is 0.326 e. The highest BCUT2D eigenvalue weighted by Crippen LogP contribution is 2.42. The molecule has 0 saturated heterocycles. The van der Waals surface area contributed by atoms with Crippen molar-refractivity contribution >= 4 is 82.3 Å². The highest BCUT2D eigenvalue weighted by Gasteiger charge is 2.39. The number of aliphatic hydroxyl groups excluding tert-OH is 6. The molecule has 0 aromatic heterocycles. The molecule has 2 heterocycles. The minimum atomic E-state index is -1.36. The number of nitrogens with zero attached hydrogens (tertiary/aromatic N) is 4. The highest BCUT2D eigenvalue weighted by atomic mass is 16.4. The van der Waals surface area contributed by atoms with Gasteiger partial charge in [-0.3, -0.25) is 62.3 Å². The summed E-state index contributed by atoms with van der Waals surface area (Å²) in [6.45, 7) is 11.1. The van der Waals surface area contributed by atoms with Crippen LogP contribution in [0.1, 0.15) is 308 Å². The van der Waals surface area contributed by atoms with E-state index in [1.165, 1.54) is 261 Å². The van der Waals surface area contributed by atoms with E-state index >= 15 is 0 Å². The van der Waals surface area contributed by atoms with Gasteiger partial charge in [-0.15, -0.1) is 0 Å². The molecule has 18 N–H and O–H groups in total. The molecular weight excluding hydrogens is 1790 g/mol. The second kappa shape index (κ2) is 63.8. The number of nitrogens with one attached hydrogen (secondary N) is 5. The highest BCUT2D eigenvalue weighted by molar-refractivity contribution is 5.99. The number of unbranched alkanes of at least 4 members (excludes halogenated alkanes) is 24. The third kappa shape index (κ3) is 40.7. The van der Waals surface area contributed by atoms with Crippen molar-refractivity contribution in [2.24, 2.45) is 17.6 Å². The first kappa shape index (κ1) is 120. The van der Waals surface area contributed by atoms with Crippen molar-refractivity contribution in [3.8, 4) is 45.3 Å².